The third-order valence-corrected chi connectivity index (χ3v) is 4.83. The summed E-state index contributed by atoms with van der Waals surface area (Å²) in [7, 11) is 0. The second-order valence-corrected chi connectivity index (χ2v) is 6.61. The molecule has 0 radical (unpaired) electrons. The molecule has 21 heavy (non-hydrogen) atoms. The van der Waals surface area contributed by atoms with Gasteiger partial charge in [0, 0.05) is 4.88 Å². The Kier molecular flexibility index (Phi) is 4.80. The number of aryl methyl sites for hydroxylation is 2. The molecule has 0 saturated carbocycles. The van der Waals surface area contributed by atoms with Crippen molar-refractivity contribution < 1.29 is 9.90 Å². The summed E-state index contributed by atoms with van der Waals surface area (Å²) in [5, 5.41) is 12.7. The number of carbonyl (C=O) groups is 1. The Hall–Kier alpha value is -1.65. The first-order valence-corrected chi connectivity index (χ1v) is 7.90. The fourth-order valence-electron chi connectivity index (χ4n) is 2.30. The Morgan fingerprint density at radius 2 is 2.00 bits per heavy atom. The number of benzene rings is 1. The maximum absolute atomic E-state index is 12.5. The minimum Gasteiger partial charge on any atom is -0.394 e. The Morgan fingerprint density at radius 1 is 1.33 bits per heavy atom. The van der Waals surface area contributed by atoms with Crippen LogP contribution in [0, 0.1) is 6.92 Å². The first kappa shape index (κ1) is 15.7. The molecule has 0 saturated heterocycles. The molecule has 2 N–H and O–H groups in total. The maximum Gasteiger partial charge on any atom is 0.262 e. The van der Waals surface area contributed by atoms with Gasteiger partial charge in [0.25, 0.3) is 5.91 Å². The maximum atomic E-state index is 12.5. The second-order valence-electron chi connectivity index (χ2n) is 5.36. The van der Waals surface area contributed by atoms with Crippen LogP contribution >= 0.6 is 11.3 Å². The first-order chi connectivity index (χ1) is 10.00. The zero-order valence-corrected chi connectivity index (χ0v) is 13.5. The van der Waals surface area contributed by atoms with Gasteiger partial charge in [0.1, 0.15) is 0 Å². The minimum atomic E-state index is -0.775. The van der Waals surface area contributed by atoms with Crippen LogP contribution in [0.5, 0.6) is 0 Å². The van der Waals surface area contributed by atoms with Gasteiger partial charge in [-0.05, 0) is 37.5 Å². The van der Waals surface area contributed by atoms with E-state index in [1.165, 1.54) is 21.8 Å². The number of nitrogens with one attached hydrogen (secondary N) is 1. The third-order valence-electron chi connectivity index (χ3n) is 3.74. The van der Waals surface area contributed by atoms with Crippen molar-refractivity contribution in [2.24, 2.45) is 0 Å². The van der Waals surface area contributed by atoms with Crippen LogP contribution < -0.4 is 5.32 Å². The molecule has 2 rings (SSSR count). The quantitative estimate of drug-likeness (QED) is 0.891. The summed E-state index contributed by atoms with van der Waals surface area (Å²) in [6, 6.07) is 11.5. The van der Waals surface area contributed by atoms with Gasteiger partial charge >= 0.3 is 0 Å². The highest BCUT2D eigenvalue weighted by Gasteiger charge is 2.28. The molecule has 2 aromatic rings. The largest absolute Gasteiger partial charge is 0.394 e. The molecule has 112 valence electrons. The van der Waals surface area contributed by atoms with E-state index in [1.807, 2.05) is 50.2 Å². The molecular formula is C17H21NO2S. The Labute approximate surface area is 129 Å². The molecular weight excluding hydrogens is 282 g/mol. The molecule has 1 aromatic heterocycles. The summed E-state index contributed by atoms with van der Waals surface area (Å²) in [6.45, 7) is 5.80. The van der Waals surface area contributed by atoms with Crippen molar-refractivity contribution in [3.8, 4) is 0 Å². The topological polar surface area (TPSA) is 49.3 Å². The van der Waals surface area contributed by atoms with Crippen molar-refractivity contribution in [2.75, 3.05) is 6.61 Å². The lowest BCUT2D eigenvalue weighted by Crippen LogP contribution is -2.46. The van der Waals surface area contributed by atoms with E-state index in [-0.39, 0.29) is 12.5 Å². The van der Waals surface area contributed by atoms with Crippen LogP contribution in [-0.2, 0) is 12.0 Å². The normalized spacial score (nSPS) is 13.7. The van der Waals surface area contributed by atoms with Gasteiger partial charge in [0.05, 0.1) is 17.0 Å². The molecule has 1 unspecified atom stereocenters. The summed E-state index contributed by atoms with van der Waals surface area (Å²) in [5.74, 6) is -0.136. The third kappa shape index (κ3) is 3.34. The van der Waals surface area contributed by atoms with Gasteiger partial charge < -0.3 is 10.4 Å². The van der Waals surface area contributed by atoms with Crippen molar-refractivity contribution in [2.45, 2.75) is 32.7 Å². The lowest BCUT2D eigenvalue weighted by molar-refractivity contribution is 0.0853. The molecule has 3 nitrogen and oxygen atoms in total. The number of aliphatic hydroxyl groups is 1. The molecule has 0 bridgehead atoms. The molecule has 0 aliphatic heterocycles. The van der Waals surface area contributed by atoms with E-state index < -0.39 is 5.54 Å². The fraction of sp³-hybridized carbons (Fsp3) is 0.353. The summed E-state index contributed by atoms with van der Waals surface area (Å²) in [5.41, 5.74) is 1.32. The van der Waals surface area contributed by atoms with Crippen molar-refractivity contribution in [1.82, 2.24) is 5.32 Å². The molecule has 0 aliphatic carbocycles. The van der Waals surface area contributed by atoms with Crippen LogP contribution in [0.15, 0.2) is 36.4 Å². The first-order valence-electron chi connectivity index (χ1n) is 7.08. The molecule has 1 aromatic carbocycles. The van der Waals surface area contributed by atoms with Crippen LogP contribution in [0.3, 0.4) is 0 Å². The van der Waals surface area contributed by atoms with Crippen LogP contribution in [-0.4, -0.2) is 17.6 Å². The lowest BCUT2D eigenvalue weighted by Gasteiger charge is -2.29. The zero-order chi connectivity index (χ0) is 15.5. The van der Waals surface area contributed by atoms with Crippen molar-refractivity contribution >= 4 is 17.2 Å². The van der Waals surface area contributed by atoms with Crippen molar-refractivity contribution in [3.05, 3.63) is 57.3 Å². The molecule has 4 heteroatoms. The number of carbonyl (C=O) groups excluding carboxylic acids is 1. The van der Waals surface area contributed by atoms with E-state index in [0.29, 0.717) is 4.88 Å². The monoisotopic (exact) mass is 303 g/mol. The smallest absolute Gasteiger partial charge is 0.262 e. The highest BCUT2D eigenvalue weighted by molar-refractivity contribution is 7.14. The van der Waals surface area contributed by atoms with Crippen molar-refractivity contribution in [1.29, 1.82) is 0 Å². The molecule has 0 aliphatic rings. The van der Waals surface area contributed by atoms with Crippen molar-refractivity contribution in [3.63, 3.8) is 0 Å². The van der Waals surface area contributed by atoms with Gasteiger partial charge in [-0.1, -0.05) is 37.3 Å². The van der Waals surface area contributed by atoms with Crippen LogP contribution in [0.4, 0.5) is 0 Å². The van der Waals surface area contributed by atoms with Crippen LogP contribution in [0.1, 0.15) is 39.5 Å². The predicted octanol–water partition coefficient (Wildman–Crippen LogP) is 3.26. The summed E-state index contributed by atoms with van der Waals surface area (Å²) in [4.78, 5) is 14.3. The SMILES string of the molecule is CCc1cc(C(=O)NC(C)(CO)c2ccccc2)sc1C. The highest BCUT2D eigenvalue weighted by atomic mass is 32.1. The van der Waals surface area contributed by atoms with E-state index in [4.69, 9.17) is 0 Å². The van der Waals surface area contributed by atoms with E-state index in [9.17, 15) is 9.90 Å². The summed E-state index contributed by atoms with van der Waals surface area (Å²) >= 11 is 1.50. The second kappa shape index (κ2) is 6.41. The fourth-order valence-corrected chi connectivity index (χ4v) is 3.31. The average Bonchev–Trinajstić information content (AvgIpc) is 2.89. The number of hydrogen-bond donors (Lipinski definition) is 2. The Morgan fingerprint density at radius 3 is 2.52 bits per heavy atom. The number of amides is 1. The summed E-state index contributed by atoms with van der Waals surface area (Å²) in [6.07, 6.45) is 0.922. The average molecular weight is 303 g/mol. The van der Waals surface area contributed by atoms with Gasteiger partial charge in [0.15, 0.2) is 0 Å². The standard InChI is InChI=1S/C17H21NO2S/c1-4-13-10-15(21-12(13)2)16(20)18-17(3,11-19)14-8-6-5-7-9-14/h5-10,19H,4,11H2,1-3H3,(H,18,20). The van der Waals surface area contributed by atoms with E-state index >= 15 is 0 Å². The van der Waals surface area contributed by atoms with Gasteiger partial charge in [0.2, 0.25) is 0 Å². The molecule has 1 heterocycles. The van der Waals surface area contributed by atoms with Crippen LogP contribution in [0.25, 0.3) is 0 Å². The highest BCUT2D eigenvalue weighted by Crippen LogP contribution is 2.25. The Balaban J connectivity index is 2.23. The van der Waals surface area contributed by atoms with E-state index in [2.05, 4.69) is 12.2 Å². The molecule has 1 amide bonds. The van der Waals surface area contributed by atoms with E-state index in [1.54, 1.807) is 0 Å². The van der Waals surface area contributed by atoms with Gasteiger partial charge in [-0.2, -0.15) is 0 Å². The van der Waals surface area contributed by atoms with Crippen LogP contribution in [0.2, 0.25) is 0 Å². The Bertz CT molecular complexity index is 621. The summed E-state index contributed by atoms with van der Waals surface area (Å²) < 4.78 is 0. The van der Waals surface area contributed by atoms with Gasteiger partial charge in [-0.25, -0.2) is 0 Å². The molecule has 1 atom stereocenters. The zero-order valence-electron chi connectivity index (χ0n) is 12.6. The van der Waals surface area contributed by atoms with Gasteiger partial charge in [-0.3, -0.25) is 4.79 Å². The lowest BCUT2D eigenvalue weighted by atomic mass is 9.93. The predicted molar refractivity (Wildman–Crippen MR) is 86.8 cm³/mol. The number of rotatable bonds is 5. The molecule has 0 fully saturated rings. The number of aliphatic hydroxyl groups excluding tert-OH is 1. The molecule has 0 spiro atoms. The van der Waals surface area contributed by atoms with Gasteiger partial charge in [-0.15, -0.1) is 11.3 Å². The minimum absolute atomic E-state index is 0.136. The number of hydrogen-bond acceptors (Lipinski definition) is 3. The number of thiophene rings is 1. The van der Waals surface area contributed by atoms with E-state index in [0.717, 1.165) is 12.0 Å².